The second-order valence-electron chi connectivity index (χ2n) is 11.6. The highest BCUT2D eigenvalue weighted by molar-refractivity contribution is 7.93. The van der Waals surface area contributed by atoms with Crippen molar-refractivity contribution in [3.05, 3.63) is 106 Å². The summed E-state index contributed by atoms with van der Waals surface area (Å²) in [4.78, 5) is 21.5. The largest absolute Gasteiger partial charge is 0.484 e. The van der Waals surface area contributed by atoms with Gasteiger partial charge >= 0.3 is 6.18 Å². The van der Waals surface area contributed by atoms with E-state index < -0.39 is 22.8 Å². The number of nitrogens with zero attached hydrogens (tertiary/aromatic N) is 4. The van der Waals surface area contributed by atoms with Crippen molar-refractivity contribution in [1.82, 2.24) is 19.4 Å². The van der Waals surface area contributed by atoms with Gasteiger partial charge in [-0.1, -0.05) is 41.4 Å². The van der Waals surface area contributed by atoms with Crippen molar-refractivity contribution < 1.29 is 35.9 Å². The van der Waals surface area contributed by atoms with Crippen LogP contribution in [0.2, 0.25) is 10.0 Å². The van der Waals surface area contributed by atoms with E-state index in [4.69, 9.17) is 32.7 Å². The van der Waals surface area contributed by atoms with E-state index in [-0.39, 0.29) is 38.2 Å². The number of alkyl halides is 3. The third-order valence-electron chi connectivity index (χ3n) is 8.03. The average molecular weight is 749 g/mol. The Morgan fingerprint density at radius 3 is 2.24 bits per heavy atom. The van der Waals surface area contributed by atoms with Gasteiger partial charge in [0.2, 0.25) is 5.88 Å². The van der Waals surface area contributed by atoms with Crippen molar-refractivity contribution in [3.63, 3.8) is 0 Å². The van der Waals surface area contributed by atoms with E-state index in [1.54, 1.807) is 35.2 Å². The van der Waals surface area contributed by atoms with E-state index in [1.165, 1.54) is 42.6 Å². The molecule has 1 aliphatic heterocycles. The number of carbonyl (C=O) groups excluding carboxylic acids is 1. The number of carbonyl (C=O) groups is 1. The molecule has 0 unspecified atom stereocenters. The molecule has 16 heteroatoms. The molecule has 0 aliphatic carbocycles. The molecule has 262 valence electrons. The zero-order valence-corrected chi connectivity index (χ0v) is 28.8. The minimum absolute atomic E-state index is 0.0117. The van der Waals surface area contributed by atoms with Crippen molar-refractivity contribution in [2.45, 2.75) is 17.6 Å². The summed E-state index contributed by atoms with van der Waals surface area (Å²) in [5.74, 6) is 0.743. The van der Waals surface area contributed by atoms with Gasteiger partial charge < -0.3 is 18.9 Å². The number of piperazine rings is 1. The summed E-state index contributed by atoms with van der Waals surface area (Å²) < 4.78 is 77.9. The zero-order chi connectivity index (χ0) is 35.6. The number of hydrogen-bond donors (Lipinski definition) is 1. The van der Waals surface area contributed by atoms with Crippen LogP contribution in [0.3, 0.4) is 0 Å². The molecule has 0 spiro atoms. The van der Waals surface area contributed by atoms with Gasteiger partial charge in [-0.05, 0) is 54.1 Å². The van der Waals surface area contributed by atoms with Crippen molar-refractivity contribution >= 4 is 55.7 Å². The molecule has 1 amide bonds. The first-order valence-electron chi connectivity index (χ1n) is 15.3. The van der Waals surface area contributed by atoms with E-state index in [2.05, 4.69) is 14.6 Å². The number of hydrogen-bond acceptors (Lipinski definition) is 7. The molecule has 6 rings (SSSR count). The molecule has 10 nitrogen and oxygen atoms in total. The van der Waals surface area contributed by atoms with E-state index >= 15 is 0 Å². The molecule has 0 bridgehead atoms. The van der Waals surface area contributed by atoms with Crippen LogP contribution >= 0.6 is 23.2 Å². The maximum Gasteiger partial charge on any atom is 0.422 e. The Hall–Kier alpha value is -4.50. The number of ether oxygens (including phenoxy) is 2. The van der Waals surface area contributed by atoms with Crippen LogP contribution in [0.15, 0.2) is 90.0 Å². The molecule has 0 radical (unpaired) electrons. The van der Waals surface area contributed by atoms with Gasteiger partial charge in [0, 0.05) is 57.3 Å². The summed E-state index contributed by atoms with van der Waals surface area (Å²) in [7, 11) is -2.26. The smallest absolute Gasteiger partial charge is 0.422 e. The van der Waals surface area contributed by atoms with Gasteiger partial charge in [0.15, 0.2) is 6.61 Å². The van der Waals surface area contributed by atoms with E-state index in [0.29, 0.717) is 44.2 Å². The Kier molecular flexibility index (Phi) is 10.2. The van der Waals surface area contributed by atoms with Crippen molar-refractivity contribution in [2.24, 2.45) is 7.05 Å². The summed E-state index contributed by atoms with van der Waals surface area (Å²) in [5.41, 5.74) is 2.41. The van der Waals surface area contributed by atoms with Crippen LogP contribution in [-0.4, -0.2) is 72.6 Å². The van der Waals surface area contributed by atoms with E-state index in [9.17, 15) is 26.4 Å². The van der Waals surface area contributed by atoms with E-state index in [1.807, 2.05) is 23.7 Å². The summed E-state index contributed by atoms with van der Waals surface area (Å²) in [6.45, 7) is 1.58. The summed E-state index contributed by atoms with van der Waals surface area (Å²) >= 11 is 12.1. The summed E-state index contributed by atoms with van der Waals surface area (Å²) in [6.07, 6.45) is -3.08. The quantitative estimate of drug-likeness (QED) is 0.159. The lowest BCUT2D eigenvalue weighted by Gasteiger charge is -2.34. The number of benzene rings is 3. The molecule has 0 saturated carbocycles. The molecule has 50 heavy (non-hydrogen) atoms. The number of aryl methyl sites for hydroxylation is 1. The topological polar surface area (TPSA) is 106 Å². The average Bonchev–Trinajstić information content (AvgIpc) is 3.40. The lowest BCUT2D eigenvalue weighted by molar-refractivity contribution is -0.153. The summed E-state index contributed by atoms with van der Waals surface area (Å²) in [5, 5.41) is 0.824. The van der Waals surface area contributed by atoms with Crippen molar-refractivity contribution in [3.8, 4) is 17.4 Å². The Labute approximate surface area is 296 Å². The van der Waals surface area contributed by atoms with Crippen molar-refractivity contribution in [2.75, 3.05) is 37.5 Å². The lowest BCUT2D eigenvalue weighted by Crippen LogP contribution is -2.48. The SMILES string of the molecule is Cn1c(C(=O)N2CCN(Cc3ccc(OCC(F)(F)F)cc3)CC2)cc2ccc(Oc3ccc(NS(=O)(=O)c4c(Cl)cccc4Cl)cn3)cc21. The van der Waals surface area contributed by atoms with Gasteiger partial charge in [0.25, 0.3) is 15.9 Å². The van der Waals surface area contributed by atoms with Gasteiger partial charge in [0.05, 0.1) is 27.4 Å². The number of halogens is 5. The van der Waals surface area contributed by atoms with Crippen LogP contribution < -0.4 is 14.2 Å². The van der Waals surface area contributed by atoms with Gasteiger partial charge in [-0.15, -0.1) is 0 Å². The second-order valence-corrected chi connectivity index (χ2v) is 14.0. The molecule has 5 aromatic rings. The number of sulfonamides is 1. The Morgan fingerprint density at radius 1 is 0.920 bits per heavy atom. The van der Waals surface area contributed by atoms with Crippen LogP contribution in [0.4, 0.5) is 18.9 Å². The molecule has 0 atom stereocenters. The van der Waals surface area contributed by atoms with Gasteiger partial charge in [-0.3, -0.25) is 14.4 Å². The second kappa shape index (κ2) is 14.4. The van der Waals surface area contributed by atoms with Gasteiger partial charge in [0.1, 0.15) is 22.1 Å². The first-order chi connectivity index (χ1) is 23.8. The van der Waals surface area contributed by atoms with Crippen LogP contribution in [0.25, 0.3) is 10.9 Å². The third-order valence-corrected chi connectivity index (χ3v) is 10.4. The monoisotopic (exact) mass is 747 g/mol. The number of nitrogens with one attached hydrogen (secondary N) is 1. The number of fused-ring (bicyclic) bond motifs is 1. The van der Waals surface area contributed by atoms with Crippen LogP contribution in [0.5, 0.6) is 17.4 Å². The standard InChI is InChI=1S/C34H30Cl2F3N5O5S/c1-42-29-18-26(49-31-12-8-24(19-40-31)41-50(46,47)32-27(35)3-2-4-28(32)36)11-7-23(29)17-30(42)33(45)44-15-13-43(14-16-44)20-22-5-9-25(10-6-22)48-21-34(37,38)39/h2-12,17-19,41H,13-16,20-21H2,1H3. The molecule has 1 N–H and O–H groups in total. The maximum absolute atomic E-state index is 13.5. The fourth-order valence-electron chi connectivity index (χ4n) is 5.53. The van der Waals surface area contributed by atoms with Crippen LogP contribution in [0.1, 0.15) is 16.1 Å². The van der Waals surface area contributed by atoms with E-state index in [0.717, 1.165) is 16.5 Å². The van der Waals surface area contributed by atoms with Crippen molar-refractivity contribution in [1.29, 1.82) is 0 Å². The molecule has 3 aromatic carbocycles. The molecule has 1 saturated heterocycles. The third kappa shape index (κ3) is 8.27. The molecule has 1 aliphatic rings. The Morgan fingerprint density at radius 2 is 1.60 bits per heavy atom. The molecule has 3 heterocycles. The molecule has 2 aromatic heterocycles. The highest BCUT2D eigenvalue weighted by atomic mass is 35.5. The van der Waals surface area contributed by atoms with Crippen LogP contribution in [-0.2, 0) is 23.6 Å². The number of pyridine rings is 1. The summed E-state index contributed by atoms with van der Waals surface area (Å²) in [6, 6.07) is 21.2. The Balaban J connectivity index is 1.05. The lowest BCUT2D eigenvalue weighted by atomic mass is 10.2. The number of amides is 1. The fourth-order valence-corrected chi connectivity index (χ4v) is 7.72. The maximum atomic E-state index is 13.5. The fraction of sp³-hybridized carbons (Fsp3) is 0.235. The number of aromatic nitrogens is 2. The van der Waals surface area contributed by atoms with Crippen LogP contribution in [0, 0.1) is 0 Å². The first kappa shape index (κ1) is 35.3. The molecular formula is C34H30Cl2F3N5O5S. The molecular weight excluding hydrogens is 718 g/mol. The normalized spacial score (nSPS) is 14.2. The molecule has 1 fully saturated rings. The minimum atomic E-state index is -4.39. The Bertz CT molecular complexity index is 2100. The number of rotatable bonds is 10. The van der Waals surface area contributed by atoms with Gasteiger partial charge in [-0.25, -0.2) is 13.4 Å². The highest BCUT2D eigenvalue weighted by Crippen LogP contribution is 2.32. The zero-order valence-electron chi connectivity index (χ0n) is 26.5. The predicted octanol–water partition coefficient (Wildman–Crippen LogP) is 7.37. The predicted molar refractivity (Wildman–Crippen MR) is 184 cm³/mol. The highest BCUT2D eigenvalue weighted by Gasteiger charge is 2.29. The number of anilines is 1. The van der Waals surface area contributed by atoms with Gasteiger partial charge in [-0.2, -0.15) is 13.2 Å². The minimum Gasteiger partial charge on any atom is -0.484 e. The first-order valence-corrected chi connectivity index (χ1v) is 17.5.